The topological polar surface area (TPSA) is 92.5 Å². The Morgan fingerprint density at radius 1 is 0.771 bits per heavy atom. The van der Waals surface area contributed by atoms with Gasteiger partial charge in [0.25, 0.3) is 5.91 Å². The van der Waals surface area contributed by atoms with Crippen LogP contribution in [0.2, 0.25) is 0 Å². The molecule has 3 N–H and O–H groups in total. The third-order valence-corrected chi connectivity index (χ3v) is 9.42. The zero-order valence-corrected chi connectivity index (χ0v) is 27.9. The van der Waals surface area contributed by atoms with Crippen LogP contribution in [0.5, 0.6) is 0 Å². The van der Waals surface area contributed by atoms with Crippen molar-refractivity contribution < 1.29 is 14.4 Å². The van der Waals surface area contributed by atoms with E-state index in [1.54, 1.807) is 4.90 Å². The van der Waals surface area contributed by atoms with Gasteiger partial charge >= 0.3 is 0 Å². The van der Waals surface area contributed by atoms with Gasteiger partial charge in [-0.05, 0) is 75.5 Å². The van der Waals surface area contributed by atoms with Gasteiger partial charge in [-0.1, -0.05) is 124 Å². The lowest BCUT2D eigenvalue weighted by molar-refractivity contribution is -0.136. The number of carbonyl (C=O) groups is 3. The summed E-state index contributed by atoms with van der Waals surface area (Å²) in [4.78, 5) is 43.4. The van der Waals surface area contributed by atoms with Gasteiger partial charge in [-0.3, -0.25) is 14.4 Å². The molecule has 5 aromatic carbocycles. The number of anilines is 1. The molecule has 3 amide bonds. The van der Waals surface area contributed by atoms with Crippen LogP contribution >= 0.6 is 0 Å². The molecule has 1 aliphatic heterocycles. The molecule has 6 heteroatoms. The van der Waals surface area contributed by atoms with Gasteiger partial charge in [0.05, 0.1) is 12.2 Å². The zero-order chi connectivity index (χ0) is 33.8. The molecule has 0 aromatic heterocycles. The summed E-state index contributed by atoms with van der Waals surface area (Å²) in [5, 5.41) is 5.48. The smallest absolute Gasteiger partial charge is 0.254 e. The van der Waals surface area contributed by atoms with E-state index in [2.05, 4.69) is 47.8 Å². The average molecular weight is 638 g/mol. The molecule has 6 rings (SSSR count). The normalized spacial score (nSPS) is 15.4. The molecule has 0 saturated heterocycles. The minimum atomic E-state index is -0.949. The van der Waals surface area contributed by atoms with Crippen LogP contribution in [0.15, 0.2) is 115 Å². The molecule has 0 spiro atoms. The van der Waals surface area contributed by atoms with Crippen molar-refractivity contribution in [1.29, 1.82) is 0 Å². The maximum atomic E-state index is 14.8. The molecular formula is C42H43N3O3. The van der Waals surface area contributed by atoms with E-state index in [0.29, 0.717) is 19.4 Å². The zero-order valence-electron chi connectivity index (χ0n) is 27.9. The summed E-state index contributed by atoms with van der Waals surface area (Å²) in [6.07, 6.45) is 1.73. The number of rotatable bonds is 11. The number of carbonyl (C=O) groups excluding carboxylic acids is 3. The number of para-hydroxylation sites is 1. The molecule has 48 heavy (non-hydrogen) atoms. The number of fused-ring (bicyclic) bond motifs is 4. The summed E-state index contributed by atoms with van der Waals surface area (Å²) in [6, 6.07) is 37.7. The number of primary amides is 1. The van der Waals surface area contributed by atoms with Crippen LogP contribution in [0.1, 0.15) is 57.2 Å². The first-order valence-corrected chi connectivity index (χ1v) is 16.9. The summed E-state index contributed by atoms with van der Waals surface area (Å²) < 4.78 is 0. The molecule has 0 aliphatic carbocycles. The van der Waals surface area contributed by atoms with E-state index >= 15 is 0 Å². The van der Waals surface area contributed by atoms with Crippen molar-refractivity contribution >= 4 is 34.2 Å². The van der Waals surface area contributed by atoms with Crippen LogP contribution < -0.4 is 16.0 Å². The molecule has 0 fully saturated rings. The Balaban J connectivity index is 1.39. The highest BCUT2D eigenvalue weighted by Crippen LogP contribution is 2.41. The molecule has 0 radical (unpaired) electrons. The third-order valence-electron chi connectivity index (χ3n) is 9.42. The summed E-state index contributed by atoms with van der Waals surface area (Å²) >= 11 is 0. The molecule has 6 nitrogen and oxygen atoms in total. The summed E-state index contributed by atoms with van der Waals surface area (Å²) in [5.41, 5.74) is 12.3. The Kier molecular flexibility index (Phi) is 9.72. The maximum absolute atomic E-state index is 14.8. The average Bonchev–Trinajstić information content (AvgIpc) is 3.19. The molecule has 244 valence electrons. The third kappa shape index (κ3) is 6.75. The second kappa shape index (κ2) is 14.3. The van der Waals surface area contributed by atoms with E-state index in [0.717, 1.165) is 45.5 Å². The number of amides is 3. The second-order valence-corrected chi connectivity index (χ2v) is 13.3. The van der Waals surface area contributed by atoms with Crippen LogP contribution in [0.25, 0.3) is 33.0 Å². The van der Waals surface area contributed by atoms with E-state index in [1.165, 1.54) is 10.8 Å². The highest BCUT2D eigenvalue weighted by molar-refractivity contribution is 6.06. The Hall–Kier alpha value is -5.23. The van der Waals surface area contributed by atoms with Crippen LogP contribution in [-0.4, -0.2) is 17.7 Å². The fourth-order valence-corrected chi connectivity index (χ4v) is 7.11. The molecule has 3 atom stereocenters. The van der Waals surface area contributed by atoms with Crippen molar-refractivity contribution in [3.63, 3.8) is 0 Å². The predicted octanol–water partition coefficient (Wildman–Crippen LogP) is 8.44. The molecule has 0 saturated carbocycles. The predicted molar refractivity (Wildman–Crippen MR) is 194 cm³/mol. The second-order valence-electron chi connectivity index (χ2n) is 13.3. The first-order valence-electron chi connectivity index (χ1n) is 16.9. The molecule has 0 bridgehead atoms. The van der Waals surface area contributed by atoms with Gasteiger partial charge in [-0.2, -0.15) is 0 Å². The van der Waals surface area contributed by atoms with Crippen molar-refractivity contribution in [2.24, 2.45) is 23.5 Å². The minimum Gasteiger partial charge on any atom is -0.369 e. The molecular weight excluding hydrogens is 594 g/mol. The summed E-state index contributed by atoms with van der Waals surface area (Å²) in [6.45, 7) is 6.35. The number of nitrogens with zero attached hydrogens (tertiary/aromatic N) is 1. The van der Waals surface area contributed by atoms with Crippen molar-refractivity contribution in [2.45, 2.75) is 52.6 Å². The fraction of sp³-hybridized carbons (Fsp3) is 0.262. The Morgan fingerprint density at radius 3 is 2.21 bits per heavy atom. The van der Waals surface area contributed by atoms with Crippen LogP contribution in [0.3, 0.4) is 0 Å². The molecule has 1 unspecified atom stereocenters. The SMILES string of the molecule is CCC[C@H](C(N)=O)[C@@H](CC(C)C)C(=O)NC1C(=O)N(Cc2cccc(-c3ccc4ccccc4c3)c2)c2ccccc2-c2ccccc21. The van der Waals surface area contributed by atoms with Crippen molar-refractivity contribution in [1.82, 2.24) is 5.32 Å². The van der Waals surface area contributed by atoms with Gasteiger partial charge in [0, 0.05) is 17.4 Å². The molecule has 1 heterocycles. The fourth-order valence-electron chi connectivity index (χ4n) is 7.11. The minimum absolute atomic E-state index is 0.159. The number of hydrogen-bond acceptors (Lipinski definition) is 3. The van der Waals surface area contributed by atoms with Crippen LogP contribution in [-0.2, 0) is 20.9 Å². The number of benzene rings is 5. The molecule has 5 aromatic rings. The van der Waals surface area contributed by atoms with E-state index in [9.17, 15) is 14.4 Å². The van der Waals surface area contributed by atoms with E-state index in [1.807, 2.05) is 93.6 Å². The van der Waals surface area contributed by atoms with Crippen molar-refractivity contribution in [2.75, 3.05) is 4.90 Å². The van der Waals surface area contributed by atoms with E-state index < -0.39 is 23.8 Å². The largest absolute Gasteiger partial charge is 0.369 e. The van der Waals surface area contributed by atoms with Crippen LogP contribution in [0, 0.1) is 17.8 Å². The van der Waals surface area contributed by atoms with Crippen LogP contribution in [0.4, 0.5) is 5.69 Å². The van der Waals surface area contributed by atoms with Gasteiger partial charge < -0.3 is 16.0 Å². The van der Waals surface area contributed by atoms with E-state index in [4.69, 9.17) is 5.73 Å². The summed E-state index contributed by atoms with van der Waals surface area (Å²) in [7, 11) is 0. The Morgan fingerprint density at radius 2 is 1.46 bits per heavy atom. The van der Waals surface area contributed by atoms with E-state index in [-0.39, 0.29) is 17.7 Å². The maximum Gasteiger partial charge on any atom is 0.254 e. The summed E-state index contributed by atoms with van der Waals surface area (Å²) in [5.74, 6) is -2.12. The molecule has 1 aliphatic rings. The lowest BCUT2D eigenvalue weighted by Crippen LogP contribution is -2.47. The van der Waals surface area contributed by atoms with Gasteiger partial charge in [0.15, 0.2) is 0 Å². The standard InChI is InChI=1S/C42H43N3O3/c1-4-12-36(40(43)46)37(23-27(2)3)41(47)44-39-35-19-8-7-17-33(35)34-18-9-10-20-38(34)45(42(39)48)26-28-13-11-16-30(24-28)32-22-21-29-14-5-6-15-31(29)25-32/h5-11,13-22,24-25,27,36-37,39H,4,12,23,26H2,1-3H3,(H2,43,46)(H,44,47)/t36-,37+,39?/m0/s1. The Labute approximate surface area is 283 Å². The number of hydrogen-bond donors (Lipinski definition) is 2. The van der Waals surface area contributed by atoms with Gasteiger partial charge in [0.1, 0.15) is 6.04 Å². The highest BCUT2D eigenvalue weighted by atomic mass is 16.2. The number of nitrogens with one attached hydrogen (secondary N) is 1. The Bertz CT molecular complexity index is 1970. The van der Waals surface area contributed by atoms with Gasteiger partial charge in [0.2, 0.25) is 11.8 Å². The van der Waals surface area contributed by atoms with Crippen molar-refractivity contribution in [3.8, 4) is 22.3 Å². The first-order chi connectivity index (χ1) is 23.2. The lowest BCUT2D eigenvalue weighted by Gasteiger charge is -2.30. The van der Waals surface area contributed by atoms with Crippen molar-refractivity contribution in [3.05, 3.63) is 126 Å². The quantitative estimate of drug-likeness (QED) is 0.152. The van der Waals surface area contributed by atoms with Gasteiger partial charge in [-0.25, -0.2) is 0 Å². The first kappa shape index (κ1) is 32.7. The monoisotopic (exact) mass is 637 g/mol. The van der Waals surface area contributed by atoms with Gasteiger partial charge in [-0.15, -0.1) is 0 Å². The highest BCUT2D eigenvalue weighted by Gasteiger charge is 2.39. The number of nitrogens with two attached hydrogens (primary N) is 1. The lowest BCUT2D eigenvalue weighted by atomic mass is 9.81.